The first kappa shape index (κ1) is 17.4. The number of hydrogen-bond acceptors (Lipinski definition) is 3. The summed E-state index contributed by atoms with van der Waals surface area (Å²) in [5.41, 5.74) is 4.15. The highest BCUT2D eigenvalue weighted by Crippen LogP contribution is 2.26. The summed E-state index contributed by atoms with van der Waals surface area (Å²) >= 11 is 0. The van der Waals surface area contributed by atoms with Crippen LogP contribution in [0.4, 0.5) is 0 Å². The molecule has 0 spiro atoms. The van der Waals surface area contributed by atoms with Crippen LogP contribution in [-0.4, -0.2) is 27.6 Å². The minimum atomic E-state index is -0.618. The van der Waals surface area contributed by atoms with Crippen LogP contribution in [0.15, 0.2) is 66.7 Å². The highest BCUT2D eigenvalue weighted by molar-refractivity contribution is 5.29. The van der Waals surface area contributed by atoms with Crippen molar-refractivity contribution >= 4 is 0 Å². The fraction of sp³-hybridized carbons (Fsp3) is 0.286. The van der Waals surface area contributed by atoms with Crippen molar-refractivity contribution in [1.29, 1.82) is 0 Å². The van der Waals surface area contributed by atoms with Crippen LogP contribution < -0.4 is 0 Å². The zero-order chi connectivity index (χ0) is 17.6. The predicted octanol–water partition coefficient (Wildman–Crippen LogP) is 3.67. The maximum absolute atomic E-state index is 10.4. The summed E-state index contributed by atoms with van der Waals surface area (Å²) in [7, 11) is 0. The molecular weight excluding hydrogens is 312 g/mol. The quantitative estimate of drug-likeness (QED) is 0.716. The van der Waals surface area contributed by atoms with Gasteiger partial charge in [0, 0.05) is 5.69 Å². The standard InChI is InChI=1S/C21H24N2O2/c1-16-13-17(2)23(22-16)14-20(24)15-25-21(18-9-5-3-6-10-18)19-11-7-4-8-12-19/h3-13,20-21,24H,14-15H2,1-2H3. The van der Waals surface area contributed by atoms with Gasteiger partial charge in [0.25, 0.3) is 0 Å². The molecule has 3 aromatic rings. The minimum Gasteiger partial charge on any atom is -0.389 e. The fourth-order valence-corrected chi connectivity index (χ4v) is 2.96. The van der Waals surface area contributed by atoms with Gasteiger partial charge < -0.3 is 9.84 Å². The Labute approximate surface area is 148 Å². The lowest BCUT2D eigenvalue weighted by molar-refractivity contribution is -0.00214. The van der Waals surface area contributed by atoms with Crippen molar-refractivity contribution in [2.75, 3.05) is 6.61 Å². The molecule has 4 heteroatoms. The average Bonchev–Trinajstić information content (AvgIpc) is 2.94. The SMILES string of the molecule is Cc1cc(C)n(CC(O)COC(c2ccccc2)c2ccccc2)n1. The van der Waals surface area contributed by atoms with Gasteiger partial charge in [0.05, 0.1) is 24.9 Å². The van der Waals surface area contributed by atoms with Gasteiger partial charge in [-0.3, -0.25) is 4.68 Å². The van der Waals surface area contributed by atoms with Crippen LogP contribution in [0.25, 0.3) is 0 Å². The van der Waals surface area contributed by atoms with Crippen molar-refractivity contribution in [3.63, 3.8) is 0 Å². The highest BCUT2D eigenvalue weighted by Gasteiger charge is 2.17. The van der Waals surface area contributed by atoms with Crippen molar-refractivity contribution in [3.05, 3.63) is 89.2 Å². The molecule has 0 bridgehead atoms. The molecule has 0 amide bonds. The van der Waals surface area contributed by atoms with Gasteiger partial charge in [-0.15, -0.1) is 0 Å². The second-order valence-electron chi connectivity index (χ2n) is 6.30. The summed E-state index contributed by atoms with van der Waals surface area (Å²) in [5, 5.41) is 14.8. The van der Waals surface area contributed by atoms with E-state index in [2.05, 4.69) is 5.10 Å². The van der Waals surface area contributed by atoms with Crippen LogP contribution in [0.1, 0.15) is 28.6 Å². The van der Waals surface area contributed by atoms with Crippen molar-refractivity contribution in [1.82, 2.24) is 9.78 Å². The first-order valence-electron chi connectivity index (χ1n) is 8.54. The molecule has 2 aromatic carbocycles. The maximum atomic E-state index is 10.4. The molecule has 0 aliphatic rings. The van der Waals surface area contributed by atoms with Crippen LogP contribution >= 0.6 is 0 Å². The Morgan fingerprint density at radius 2 is 1.52 bits per heavy atom. The third-order valence-electron chi connectivity index (χ3n) is 4.15. The molecule has 0 fully saturated rings. The van der Waals surface area contributed by atoms with Crippen LogP contribution in [-0.2, 0) is 11.3 Å². The molecule has 4 nitrogen and oxygen atoms in total. The van der Waals surface area contributed by atoms with Gasteiger partial charge in [-0.05, 0) is 31.0 Å². The van der Waals surface area contributed by atoms with Gasteiger partial charge >= 0.3 is 0 Å². The molecule has 0 aliphatic heterocycles. The molecule has 1 unspecified atom stereocenters. The molecular formula is C21H24N2O2. The Kier molecular flexibility index (Phi) is 5.64. The van der Waals surface area contributed by atoms with E-state index in [9.17, 15) is 5.11 Å². The summed E-state index contributed by atoms with van der Waals surface area (Å²) in [6.07, 6.45) is -0.814. The predicted molar refractivity (Wildman–Crippen MR) is 98.4 cm³/mol. The Morgan fingerprint density at radius 1 is 0.960 bits per heavy atom. The van der Waals surface area contributed by atoms with E-state index >= 15 is 0 Å². The number of aryl methyl sites for hydroxylation is 2. The zero-order valence-electron chi connectivity index (χ0n) is 14.7. The number of aliphatic hydroxyl groups excluding tert-OH is 1. The average molecular weight is 336 g/mol. The number of rotatable bonds is 7. The van der Waals surface area contributed by atoms with Crippen molar-refractivity contribution < 1.29 is 9.84 Å². The smallest absolute Gasteiger partial charge is 0.108 e. The summed E-state index contributed by atoms with van der Waals surface area (Å²) in [6, 6.07) is 22.2. The topological polar surface area (TPSA) is 47.3 Å². The van der Waals surface area contributed by atoms with Gasteiger partial charge in [-0.1, -0.05) is 60.7 Å². The van der Waals surface area contributed by atoms with Gasteiger partial charge in [-0.2, -0.15) is 5.10 Å². The molecule has 0 aliphatic carbocycles. The number of aromatic nitrogens is 2. The Hall–Kier alpha value is -2.43. The van der Waals surface area contributed by atoms with Crippen LogP contribution in [0.2, 0.25) is 0 Å². The number of ether oxygens (including phenoxy) is 1. The summed E-state index contributed by atoms with van der Waals surface area (Å²) < 4.78 is 7.93. The number of aliphatic hydroxyl groups is 1. The van der Waals surface area contributed by atoms with Gasteiger partial charge in [0.15, 0.2) is 0 Å². The van der Waals surface area contributed by atoms with E-state index in [4.69, 9.17) is 4.74 Å². The molecule has 1 heterocycles. The second-order valence-corrected chi connectivity index (χ2v) is 6.30. The zero-order valence-corrected chi connectivity index (χ0v) is 14.7. The molecule has 0 saturated heterocycles. The largest absolute Gasteiger partial charge is 0.389 e. The molecule has 1 aromatic heterocycles. The van der Waals surface area contributed by atoms with E-state index in [1.54, 1.807) is 0 Å². The third-order valence-corrected chi connectivity index (χ3v) is 4.15. The van der Waals surface area contributed by atoms with Crippen LogP contribution in [0.3, 0.4) is 0 Å². The highest BCUT2D eigenvalue weighted by atomic mass is 16.5. The van der Waals surface area contributed by atoms with Crippen LogP contribution in [0, 0.1) is 13.8 Å². The van der Waals surface area contributed by atoms with E-state index in [-0.39, 0.29) is 12.7 Å². The lowest BCUT2D eigenvalue weighted by Gasteiger charge is -2.21. The van der Waals surface area contributed by atoms with Crippen molar-refractivity contribution in [2.45, 2.75) is 32.6 Å². The molecule has 3 rings (SSSR count). The Morgan fingerprint density at radius 3 is 2.00 bits per heavy atom. The van der Waals surface area contributed by atoms with E-state index < -0.39 is 6.10 Å². The Balaban J connectivity index is 1.69. The van der Waals surface area contributed by atoms with Crippen LogP contribution in [0.5, 0.6) is 0 Å². The van der Waals surface area contributed by atoms with E-state index in [0.717, 1.165) is 22.5 Å². The summed E-state index contributed by atoms with van der Waals surface area (Å²) in [4.78, 5) is 0. The van der Waals surface area contributed by atoms with Gasteiger partial charge in [0.1, 0.15) is 6.10 Å². The molecule has 0 radical (unpaired) electrons. The fourth-order valence-electron chi connectivity index (χ4n) is 2.96. The molecule has 130 valence electrons. The minimum absolute atomic E-state index is 0.197. The maximum Gasteiger partial charge on any atom is 0.108 e. The summed E-state index contributed by atoms with van der Waals surface area (Å²) in [6.45, 7) is 4.61. The first-order valence-corrected chi connectivity index (χ1v) is 8.54. The normalized spacial score (nSPS) is 12.5. The summed E-state index contributed by atoms with van der Waals surface area (Å²) in [5.74, 6) is 0. The lowest BCUT2D eigenvalue weighted by Crippen LogP contribution is -2.24. The number of nitrogens with zero attached hydrogens (tertiary/aromatic N) is 2. The second kappa shape index (κ2) is 8.10. The van der Waals surface area contributed by atoms with Crippen molar-refractivity contribution in [3.8, 4) is 0 Å². The van der Waals surface area contributed by atoms with Gasteiger partial charge in [-0.25, -0.2) is 0 Å². The first-order chi connectivity index (χ1) is 12.1. The van der Waals surface area contributed by atoms with Gasteiger partial charge in [0.2, 0.25) is 0 Å². The van der Waals surface area contributed by atoms with E-state index in [1.807, 2.05) is 85.3 Å². The number of benzene rings is 2. The Bertz CT molecular complexity index is 745. The monoisotopic (exact) mass is 336 g/mol. The van der Waals surface area contributed by atoms with E-state index in [0.29, 0.717) is 6.54 Å². The lowest BCUT2D eigenvalue weighted by atomic mass is 10.0. The molecule has 0 saturated carbocycles. The number of hydrogen-bond donors (Lipinski definition) is 1. The molecule has 1 N–H and O–H groups in total. The van der Waals surface area contributed by atoms with Crippen molar-refractivity contribution in [2.24, 2.45) is 0 Å². The molecule has 1 atom stereocenters. The molecule has 25 heavy (non-hydrogen) atoms. The third kappa shape index (κ3) is 4.56. The van der Waals surface area contributed by atoms with E-state index in [1.165, 1.54) is 0 Å².